The van der Waals surface area contributed by atoms with Crippen molar-refractivity contribution in [2.45, 2.75) is 27.2 Å². The summed E-state index contributed by atoms with van der Waals surface area (Å²) < 4.78 is 0. The number of aromatic nitrogens is 2. The van der Waals surface area contributed by atoms with Crippen molar-refractivity contribution < 1.29 is 4.79 Å². The Hall–Kier alpha value is -3.01. The van der Waals surface area contributed by atoms with Crippen LogP contribution in [0.2, 0.25) is 0 Å². The van der Waals surface area contributed by atoms with Crippen LogP contribution in [0, 0.1) is 20.8 Å². The van der Waals surface area contributed by atoms with Gasteiger partial charge in [-0.1, -0.05) is 48.0 Å². The second-order valence-electron chi connectivity index (χ2n) is 6.54. The molecule has 2 aromatic carbocycles. The molecular weight excluding hydrogens is 322 g/mol. The van der Waals surface area contributed by atoms with Crippen LogP contribution >= 0.6 is 0 Å². The van der Waals surface area contributed by atoms with Gasteiger partial charge in [-0.3, -0.25) is 4.79 Å². The molecule has 0 radical (unpaired) electrons. The molecule has 0 aliphatic rings. The lowest BCUT2D eigenvalue weighted by atomic mass is 9.97. The third kappa shape index (κ3) is 4.14. The molecule has 26 heavy (non-hydrogen) atoms. The minimum Gasteiger partial charge on any atom is -0.352 e. The number of nitrogens with one attached hydrogen (secondary N) is 1. The lowest BCUT2D eigenvalue weighted by Gasteiger charge is -2.12. The Morgan fingerprint density at radius 1 is 0.962 bits per heavy atom. The van der Waals surface area contributed by atoms with Crippen LogP contribution in [0.3, 0.4) is 0 Å². The van der Waals surface area contributed by atoms with Crippen molar-refractivity contribution in [3.63, 3.8) is 0 Å². The summed E-state index contributed by atoms with van der Waals surface area (Å²) in [5.74, 6) is 0.472. The molecular formula is C22H23N3O. The van der Waals surface area contributed by atoms with Gasteiger partial charge in [0.1, 0.15) is 0 Å². The second kappa shape index (κ2) is 7.91. The fraction of sp³-hybridized carbons (Fsp3) is 0.227. The summed E-state index contributed by atoms with van der Waals surface area (Å²) in [5.41, 5.74) is 6.52. The first-order valence-electron chi connectivity index (χ1n) is 8.77. The van der Waals surface area contributed by atoms with E-state index in [0.29, 0.717) is 17.9 Å². The summed E-state index contributed by atoms with van der Waals surface area (Å²) in [4.78, 5) is 20.9. The maximum absolute atomic E-state index is 12.3. The summed E-state index contributed by atoms with van der Waals surface area (Å²) in [7, 11) is 0. The van der Waals surface area contributed by atoms with Crippen molar-refractivity contribution in [1.29, 1.82) is 0 Å². The number of hydrogen-bond acceptors (Lipinski definition) is 3. The van der Waals surface area contributed by atoms with E-state index >= 15 is 0 Å². The molecule has 0 spiro atoms. The fourth-order valence-electron chi connectivity index (χ4n) is 3.19. The predicted molar refractivity (Wildman–Crippen MR) is 104 cm³/mol. The second-order valence-corrected chi connectivity index (χ2v) is 6.54. The molecule has 0 saturated heterocycles. The number of aryl methyl sites for hydroxylation is 3. The Labute approximate surface area is 154 Å². The van der Waals surface area contributed by atoms with E-state index in [1.807, 2.05) is 30.3 Å². The van der Waals surface area contributed by atoms with Crippen molar-refractivity contribution in [1.82, 2.24) is 15.3 Å². The molecule has 1 aromatic heterocycles. The summed E-state index contributed by atoms with van der Waals surface area (Å²) in [6.07, 6.45) is 3.97. The van der Waals surface area contributed by atoms with Gasteiger partial charge < -0.3 is 5.32 Å². The zero-order chi connectivity index (χ0) is 18.5. The van der Waals surface area contributed by atoms with Crippen molar-refractivity contribution in [2.75, 3.05) is 6.54 Å². The quantitative estimate of drug-likeness (QED) is 0.759. The molecule has 4 nitrogen and oxygen atoms in total. The molecule has 1 amide bonds. The van der Waals surface area contributed by atoms with Crippen LogP contribution in [0.15, 0.2) is 54.9 Å². The van der Waals surface area contributed by atoms with Crippen LogP contribution in [0.1, 0.15) is 32.6 Å². The van der Waals surface area contributed by atoms with Gasteiger partial charge in [-0.25, -0.2) is 9.97 Å². The van der Waals surface area contributed by atoms with Gasteiger partial charge in [0.05, 0.1) is 5.56 Å². The van der Waals surface area contributed by atoms with Crippen LogP contribution in [-0.2, 0) is 6.42 Å². The predicted octanol–water partition coefficient (Wildman–Crippen LogP) is 4.04. The number of nitrogens with zero attached hydrogens (tertiary/aromatic N) is 2. The van der Waals surface area contributed by atoms with E-state index in [1.54, 1.807) is 12.4 Å². The maximum Gasteiger partial charge on any atom is 0.254 e. The average Bonchev–Trinajstić information content (AvgIpc) is 2.64. The molecule has 3 rings (SSSR count). The minimum absolute atomic E-state index is 0.146. The molecule has 1 heterocycles. The number of amides is 1. The largest absolute Gasteiger partial charge is 0.352 e. The Kier molecular flexibility index (Phi) is 5.42. The van der Waals surface area contributed by atoms with E-state index in [0.717, 1.165) is 12.0 Å². The lowest BCUT2D eigenvalue weighted by molar-refractivity contribution is 0.0953. The fourth-order valence-corrected chi connectivity index (χ4v) is 3.19. The number of carbonyl (C=O) groups excluding carboxylic acids is 1. The van der Waals surface area contributed by atoms with E-state index in [2.05, 4.69) is 48.2 Å². The molecule has 0 unspecified atom stereocenters. The molecule has 0 aliphatic heterocycles. The zero-order valence-electron chi connectivity index (χ0n) is 15.4. The van der Waals surface area contributed by atoms with E-state index in [4.69, 9.17) is 0 Å². The van der Waals surface area contributed by atoms with Gasteiger partial charge in [0.2, 0.25) is 0 Å². The van der Waals surface area contributed by atoms with Gasteiger partial charge in [-0.05, 0) is 43.9 Å². The Bertz CT molecular complexity index is 879. The third-order valence-corrected chi connectivity index (χ3v) is 4.45. The highest BCUT2D eigenvalue weighted by Crippen LogP contribution is 2.17. The van der Waals surface area contributed by atoms with Crippen molar-refractivity contribution >= 4 is 5.91 Å². The molecule has 0 aliphatic carbocycles. The highest BCUT2D eigenvalue weighted by Gasteiger charge is 2.09. The van der Waals surface area contributed by atoms with Crippen LogP contribution in [-0.4, -0.2) is 22.4 Å². The highest BCUT2D eigenvalue weighted by molar-refractivity contribution is 5.93. The lowest BCUT2D eigenvalue weighted by Crippen LogP contribution is -2.26. The van der Waals surface area contributed by atoms with Crippen molar-refractivity contribution in [2.24, 2.45) is 0 Å². The molecule has 132 valence electrons. The summed E-state index contributed by atoms with van der Waals surface area (Å²) >= 11 is 0. The van der Waals surface area contributed by atoms with E-state index < -0.39 is 0 Å². The molecule has 0 saturated carbocycles. The normalized spacial score (nSPS) is 10.6. The van der Waals surface area contributed by atoms with Gasteiger partial charge >= 0.3 is 0 Å². The van der Waals surface area contributed by atoms with Gasteiger partial charge in [-0.15, -0.1) is 0 Å². The standard InChI is InChI=1S/C22H23N3O/c1-15-11-16(2)20(17(3)12-15)9-10-23-22(26)19-13-24-21(25-14-19)18-7-5-4-6-8-18/h4-8,11-14H,9-10H2,1-3H3,(H,23,26). The summed E-state index contributed by atoms with van der Waals surface area (Å²) in [6.45, 7) is 6.93. The summed E-state index contributed by atoms with van der Waals surface area (Å²) in [5, 5.41) is 2.96. The molecule has 4 heteroatoms. The van der Waals surface area contributed by atoms with Gasteiger partial charge in [0.15, 0.2) is 5.82 Å². The highest BCUT2D eigenvalue weighted by atomic mass is 16.1. The molecule has 1 N–H and O–H groups in total. The Balaban J connectivity index is 1.60. The first-order chi connectivity index (χ1) is 12.5. The zero-order valence-corrected chi connectivity index (χ0v) is 15.4. The molecule has 0 atom stereocenters. The van der Waals surface area contributed by atoms with E-state index in [-0.39, 0.29) is 5.91 Å². The molecule has 0 bridgehead atoms. The minimum atomic E-state index is -0.146. The molecule has 3 aromatic rings. The monoisotopic (exact) mass is 345 g/mol. The first-order valence-corrected chi connectivity index (χ1v) is 8.77. The number of carbonyl (C=O) groups is 1. The van der Waals surface area contributed by atoms with Crippen molar-refractivity contribution in [3.8, 4) is 11.4 Å². The van der Waals surface area contributed by atoms with Gasteiger partial charge in [0.25, 0.3) is 5.91 Å². The number of benzene rings is 2. The SMILES string of the molecule is Cc1cc(C)c(CCNC(=O)c2cnc(-c3ccccc3)nc2)c(C)c1. The van der Waals surface area contributed by atoms with Crippen LogP contribution < -0.4 is 5.32 Å². The van der Waals surface area contributed by atoms with Gasteiger partial charge in [-0.2, -0.15) is 0 Å². The van der Waals surface area contributed by atoms with Crippen molar-refractivity contribution in [3.05, 3.63) is 82.7 Å². The topological polar surface area (TPSA) is 54.9 Å². The van der Waals surface area contributed by atoms with Crippen LogP contribution in [0.25, 0.3) is 11.4 Å². The Morgan fingerprint density at radius 3 is 2.19 bits per heavy atom. The summed E-state index contributed by atoms with van der Waals surface area (Å²) in [6, 6.07) is 14.1. The van der Waals surface area contributed by atoms with E-state index in [1.165, 1.54) is 22.3 Å². The first kappa shape index (κ1) is 17.8. The van der Waals surface area contributed by atoms with Crippen LogP contribution in [0.4, 0.5) is 0 Å². The average molecular weight is 345 g/mol. The Morgan fingerprint density at radius 2 is 1.58 bits per heavy atom. The van der Waals surface area contributed by atoms with Crippen LogP contribution in [0.5, 0.6) is 0 Å². The van der Waals surface area contributed by atoms with Gasteiger partial charge in [0, 0.05) is 24.5 Å². The third-order valence-electron chi connectivity index (χ3n) is 4.45. The molecule has 0 fully saturated rings. The smallest absolute Gasteiger partial charge is 0.254 e. The van der Waals surface area contributed by atoms with E-state index in [9.17, 15) is 4.79 Å². The maximum atomic E-state index is 12.3. The number of hydrogen-bond donors (Lipinski definition) is 1. The number of rotatable bonds is 5.